The van der Waals surface area contributed by atoms with E-state index < -0.39 is 0 Å². The molecule has 1 fully saturated rings. The van der Waals surface area contributed by atoms with E-state index in [0.29, 0.717) is 11.7 Å². The highest BCUT2D eigenvalue weighted by Crippen LogP contribution is 2.12. The molecule has 18 heavy (non-hydrogen) atoms. The van der Waals surface area contributed by atoms with Crippen LogP contribution in [-0.4, -0.2) is 51.5 Å². The number of amides is 1. The number of carbonyl (C=O) groups is 1. The fourth-order valence-electron chi connectivity index (χ4n) is 2.00. The van der Waals surface area contributed by atoms with Crippen LogP contribution >= 0.6 is 0 Å². The van der Waals surface area contributed by atoms with Crippen molar-refractivity contribution in [2.45, 2.75) is 39.3 Å². The van der Waals surface area contributed by atoms with Gasteiger partial charge in [0.1, 0.15) is 0 Å². The van der Waals surface area contributed by atoms with Gasteiger partial charge in [0, 0.05) is 25.7 Å². The minimum Gasteiger partial charge on any atom is -0.335 e. The summed E-state index contributed by atoms with van der Waals surface area (Å²) in [6.45, 7) is 8.68. The van der Waals surface area contributed by atoms with Crippen molar-refractivity contribution in [3.05, 3.63) is 11.9 Å². The second kappa shape index (κ2) is 5.48. The molecule has 0 aliphatic carbocycles. The van der Waals surface area contributed by atoms with Crippen molar-refractivity contribution >= 4 is 5.91 Å². The summed E-state index contributed by atoms with van der Waals surface area (Å²) in [5.74, 6) is -0.0228. The average molecular weight is 251 g/mol. The molecule has 0 atom stereocenters. The van der Waals surface area contributed by atoms with Crippen LogP contribution in [0.2, 0.25) is 0 Å². The molecule has 0 aromatic carbocycles. The average Bonchev–Trinajstić information content (AvgIpc) is 2.71. The molecular weight excluding hydrogens is 230 g/mol. The van der Waals surface area contributed by atoms with Crippen molar-refractivity contribution in [1.82, 2.24) is 25.2 Å². The van der Waals surface area contributed by atoms with Gasteiger partial charge in [0.25, 0.3) is 5.91 Å². The van der Waals surface area contributed by atoms with Gasteiger partial charge in [-0.15, -0.1) is 5.10 Å². The van der Waals surface area contributed by atoms with Gasteiger partial charge in [-0.25, -0.2) is 4.68 Å². The fraction of sp³-hybridized carbons (Fsp3) is 0.750. The predicted molar refractivity (Wildman–Crippen MR) is 68.4 cm³/mol. The van der Waals surface area contributed by atoms with Gasteiger partial charge >= 0.3 is 0 Å². The van der Waals surface area contributed by atoms with E-state index in [9.17, 15) is 4.79 Å². The van der Waals surface area contributed by atoms with Crippen LogP contribution in [-0.2, 0) is 0 Å². The van der Waals surface area contributed by atoms with Crippen LogP contribution in [0, 0.1) is 0 Å². The molecule has 1 N–H and O–H groups in total. The smallest absolute Gasteiger partial charge is 0.276 e. The Kier molecular flexibility index (Phi) is 3.96. The molecule has 1 saturated heterocycles. The van der Waals surface area contributed by atoms with Gasteiger partial charge in [0.15, 0.2) is 5.69 Å². The number of hydrogen-bond donors (Lipinski definition) is 1. The van der Waals surface area contributed by atoms with E-state index >= 15 is 0 Å². The van der Waals surface area contributed by atoms with Crippen LogP contribution < -0.4 is 5.32 Å². The first-order valence-electron chi connectivity index (χ1n) is 6.57. The number of carbonyl (C=O) groups excluding carboxylic acids is 1. The van der Waals surface area contributed by atoms with Crippen LogP contribution in [0.1, 0.15) is 43.7 Å². The molecule has 1 aromatic heterocycles. The first-order valence-corrected chi connectivity index (χ1v) is 6.57. The molecule has 2 rings (SSSR count). The summed E-state index contributed by atoms with van der Waals surface area (Å²) in [5.41, 5.74) is 0.448. The number of aromatic nitrogens is 3. The molecule has 0 spiro atoms. The summed E-state index contributed by atoms with van der Waals surface area (Å²) in [6.07, 6.45) is 2.71. The summed E-state index contributed by atoms with van der Waals surface area (Å²) in [6, 6.07) is 0.533. The Bertz CT molecular complexity index is 410. The molecule has 1 amide bonds. The number of hydrogen-bond acceptors (Lipinski definition) is 4. The molecule has 100 valence electrons. The van der Waals surface area contributed by atoms with Crippen molar-refractivity contribution < 1.29 is 4.79 Å². The Morgan fingerprint density at radius 2 is 2.33 bits per heavy atom. The molecule has 0 bridgehead atoms. The van der Waals surface area contributed by atoms with E-state index in [1.807, 2.05) is 18.7 Å². The number of nitrogens with zero attached hydrogens (tertiary/aromatic N) is 4. The van der Waals surface area contributed by atoms with Gasteiger partial charge < -0.3 is 10.2 Å². The first-order chi connectivity index (χ1) is 8.63. The van der Waals surface area contributed by atoms with E-state index in [1.54, 1.807) is 10.9 Å². The molecule has 2 heterocycles. The lowest BCUT2D eigenvalue weighted by molar-refractivity contribution is 0.0699. The van der Waals surface area contributed by atoms with Crippen molar-refractivity contribution in [3.8, 4) is 0 Å². The maximum absolute atomic E-state index is 12.3. The molecular formula is C12H21N5O. The Labute approximate surface area is 107 Å². The van der Waals surface area contributed by atoms with Gasteiger partial charge in [-0.2, -0.15) is 0 Å². The fourth-order valence-corrected chi connectivity index (χ4v) is 2.00. The van der Waals surface area contributed by atoms with Crippen LogP contribution in [0.4, 0.5) is 0 Å². The first kappa shape index (κ1) is 13.0. The lowest BCUT2D eigenvalue weighted by Crippen LogP contribution is -2.43. The maximum Gasteiger partial charge on any atom is 0.276 e. The maximum atomic E-state index is 12.3. The third-order valence-corrected chi connectivity index (χ3v) is 3.21. The van der Waals surface area contributed by atoms with E-state index in [4.69, 9.17) is 0 Å². The minimum absolute atomic E-state index is 0.0228. The van der Waals surface area contributed by atoms with E-state index in [2.05, 4.69) is 22.6 Å². The summed E-state index contributed by atoms with van der Waals surface area (Å²) < 4.78 is 1.79. The molecule has 1 aliphatic heterocycles. The quantitative estimate of drug-likeness (QED) is 0.836. The topological polar surface area (TPSA) is 63.1 Å². The summed E-state index contributed by atoms with van der Waals surface area (Å²) >= 11 is 0. The molecule has 0 saturated carbocycles. The Morgan fingerprint density at radius 1 is 1.61 bits per heavy atom. The SMILES string of the molecule is CCCN(C(=O)c1cn(C2CNC2)nn1)C(C)C. The second-order valence-corrected chi connectivity index (χ2v) is 4.99. The van der Waals surface area contributed by atoms with Crippen LogP contribution in [0.5, 0.6) is 0 Å². The molecule has 1 aromatic rings. The summed E-state index contributed by atoms with van der Waals surface area (Å²) in [7, 11) is 0. The monoisotopic (exact) mass is 251 g/mol. The summed E-state index contributed by atoms with van der Waals surface area (Å²) in [5, 5.41) is 11.2. The Morgan fingerprint density at radius 3 is 2.83 bits per heavy atom. The van der Waals surface area contributed by atoms with Crippen molar-refractivity contribution in [2.24, 2.45) is 0 Å². The zero-order valence-corrected chi connectivity index (χ0v) is 11.3. The van der Waals surface area contributed by atoms with E-state index in [0.717, 1.165) is 26.1 Å². The van der Waals surface area contributed by atoms with Crippen LogP contribution in [0.15, 0.2) is 6.20 Å². The van der Waals surface area contributed by atoms with Gasteiger partial charge in [-0.1, -0.05) is 12.1 Å². The van der Waals surface area contributed by atoms with Crippen molar-refractivity contribution in [1.29, 1.82) is 0 Å². The number of nitrogens with one attached hydrogen (secondary N) is 1. The number of rotatable bonds is 5. The third-order valence-electron chi connectivity index (χ3n) is 3.21. The molecule has 0 unspecified atom stereocenters. The third kappa shape index (κ3) is 2.53. The standard InChI is InChI=1S/C12H21N5O/c1-4-5-16(9(2)3)12(18)11-8-17(15-14-11)10-6-13-7-10/h8-10,13H,4-7H2,1-3H3. The van der Waals surface area contributed by atoms with Gasteiger partial charge in [-0.05, 0) is 20.3 Å². The Hall–Kier alpha value is -1.43. The Balaban J connectivity index is 2.08. The van der Waals surface area contributed by atoms with Crippen LogP contribution in [0.3, 0.4) is 0 Å². The highest BCUT2D eigenvalue weighted by Gasteiger charge is 2.24. The second-order valence-electron chi connectivity index (χ2n) is 4.99. The minimum atomic E-state index is -0.0228. The predicted octanol–water partition coefficient (Wildman–Crippen LogP) is 0.683. The lowest BCUT2D eigenvalue weighted by Gasteiger charge is -2.26. The van der Waals surface area contributed by atoms with Crippen LogP contribution in [0.25, 0.3) is 0 Å². The van der Waals surface area contributed by atoms with E-state index in [-0.39, 0.29) is 11.9 Å². The summed E-state index contributed by atoms with van der Waals surface area (Å²) in [4.78, 5) is 14.2. The zero-order chi connectivity index (χ0) is 13.1. The van der Waals surface area contributed by atoms with E-state index in [1.165, 1.54) is 0 Å². The van der Waals surface area contributed by atoms with Gasteiger partial charge in [0.05, 0.1) is 12.2 Å². The molecule has 0 radical (unpaired) electrons. The normalized spacial score (nSPS) is 15.8. The zero-order valence-electron chi connectivity index (χ0n) is 11.3. The highest BCUT2D eigenvalue weighted by molar-refractivity contribution is 5.92. The van der Waals surface area contributed by atoms with Gasteiger partial charge in [-0.3, -0.25) is 4.79 Å². The highest BCUT2D eigenvalue weighted by atomic mass is 16.2. The molecule has 6 nitrogen and oxygen atoms in total. The van der Waals surface area contributed by atoms with Crippen molar-refractivity contribution in [3.63, 3.8) is 0 Å². The molecule has 6 heteroatoms. The lowest BCUT2D eigenvalue weighted by atomic mass is 10.2. The molecule has 1 aliphatic rings. The van der Waals surface area contributed by atoms with Crippen molar-refractivity contribution in [2.75, 3.05) is 19.6 Å². The van der Waals surface area contributed by atoms with Gasteiger partial charge in [0.2, 0.25) is 0 Å². The largest absolute Gasteiger partial charge is 0.335 e.